The molecule has 0 aliphatic carbocycles. The van der Waals surface area contributed by atoms with Gasteiger partial charge in [-0.3, -0.25) is 9.59 Å². The van der Waals surface area contributed by atoms with Crippen molar-refractivity contribution in [3.8, 4) is 0 Å². The molecule has 0 fully saturated rings. The first-order valence-electron chi connectivity index (χ1n) is 5.43. The van der Waals surface area contributed by atoms with Crippen LogP contribution in [0.1, 0.15) is 12.5 Å². The Bertz CT molecular complexity index is 420. The standard InChI is InChI=1S/C12H15IN2O3/c1-8(17)15-11(7-16)12(18)14-6-9-2-4-10(13)5-3-9/h2-5,11,16H,6-7H2,1H3,(H,14,18)(H,15,17). The summed E-state index contributed by atoms with van der Waals surface area (Å²) in [5.41, 5.74) is 0.961. The molecule has 2 amide bonds. The fourth-order valence-electron chi connectivity index (χ4n) is 1.35. The van der Waals surface area contributed by atoms with E-state index >= 15 is 0 Å². The highest BCUT2D eigenvalue weighted by molar-refractivity contribution is 14.1. The second-order valence-electron chi connectivity index (χ2n) is 3.78. The Labute approximate surface area is 119 Å². The van der Waals surface area contributed by atoms with Crippen LogP contribution in [0.5, 0.6) is 0 Å². The van der Waals surface area contributed by atoms with E-state index < -0.39 is 18.6 Å². The van der Waals surface area contributed by atoms with Gasteiger partial charge in [-0.15, -0.1) is 0 Å². The number of rotatable bonds is 5. The van der Waals surface area contributed by atoms with Crippen LogP contribution in [0.3, 0.4) is 0 Å². The molecule has 0 spiro atoms. The summed E-state index contributed by atoms with van der Waals surface area (Å²) in [4.78, 5) is 22.5. The molecule has 0 aromatic heterocycles. The molecular formula is C12H15IN2O3. The highest BCUT2D eigenvalue weighted by Crippen LogP contribution is 2.06. The minimum atomic E-state index is -0.897. The number of nitrogens with one attached hydrogen (secondary N) is 2. The molecule has 5 nitrogen and oxygen atoms in total. The molecule has 0 saturated heterocycles. The normalized spacial score (nSPS) is 11.7. The van der Waals surface area contributed by atoms with Crippen LogP contribution < -0.4 is 10.6 Å². The lowest BCUT2D eigenvalue weighted by atomic mass is 10.2. The number of aliphatic hydroxyl groups excluding tert-OH is 1. The largest absolute Gasteiger partial charge is 0.394 e. The van der Waals surface area contributed by atoms with Crippen LogP contribution in [0.2, 0.25) is 0 Å². The van der Waals surface area contributed by atoms with Gasteiger partial charge >= 0.3 is 0 Å². The van der Waals surface area contributed by atoms with Crippen LogP contribution in [0, 0.1) is 3.57 Å². The van der Waals surface area contributed by atoms with Gasteiger partial charge < -0.3 is 15.7 Å². The molecule has 1 atom stereocenters. The Kier molecular flexibility index (Phi) is 6.06. The highest BCUT2D eigenvalue weighted by Gasteiger charge is 2.17. The summed E-state index contributed by atoms with van der Waals surface area (Å²) < 4.78 is 1.12. The monoisotopic (exact) mass is 362 g/mol. The minimum absolute atomic E-state index is 0.349. The molecule has 1 rings (SSSR count). The van der Waals surface area contributed by atoms with Crippen LogP contribution in [0.4, 0.5) is 0 Å². The number of aliphatic hydroxyl groups is 1. The van der Waals surface area contributed by atoms with Crippen molar-refractivity contribution in [1.82, 2.24) is 10.6 Å². The van der Waals surface area contributed by atoms with E-state index in [1.54, 1.807) is 0 Å². The molecule has 0 saturated carbocycles. The van der Waals surface area contributed by atoms with E-state index in [0.29, 0.717) is 6.54 Å². The molecule has 1 unspecified atom stereocenters. The second-order valence-corrected chi connectivity index (χ2v) is 5.03. The first-order valence-corrected chi connectivity index (χ1v) is 6.51. The number of halogens is 1. The summed E-state index contributed by atoms with van der Waals surface area (Å²) in [6.45, 7) is 1.25. The molecule has 0 aliphatic rings. The number of benzene rings is 1. The average Bonchev–Trinajstić information content (AvgIpc) is 2.34. The molecule has 0 radical (unpaired) electrons. The molecule has 0 aliphatic heterocycles. The third-order valence-corrected chi connectivity index (χ3v) is 2.98. The first kappa shape index (κ1) is 14.9. The zero-order valence-corrected chi connectivity index (χ0v) is 12.1. The molecule has 98 valence electrons. The van der Waals surface area contributed by atoms with Gasteiger partial charge in [-0.25, -0.2) is 0 Å². The Hall–Kier alpha value is -1.15. The summed E-state index contributed by atoms with van der Waals surface area (Å²) >= 11 is 2.20. The van der Waals surface area contributed by atoms with Gasteiger partial charge in [0, 0.05) is 17.0 Å². The topological polar surface area (TPSA) is 78.4 Å². The molecule has 3 N–H and O–H groups in total. The predicted molar refractivity (Wildman–Crippen MR) is 75.7 cm³/mol. The van der Waals surface area contributed by atoms with Crippen LogP contribution in [0.15, 0.2) is 24.3 Å². The highest BCUT2D eigenvalue weighted by atomic mass is 127. The van der Waals surface area contributed by atoms with Gasteiger partial charge in [0.05, 0.1) is 6.61 Å². The van der Waals surface area contributed by atoms with Crippen LogP contribution in [0.25, 0.3) is 0 Å². The minimum Gasteiger partial charge on any atom is -0.394 e. The van der Waals surface area contributed by atoms with E-state index in [-0.39, 0.29) is 5.91 Å². The number of hydrogen-bond donors (Lipinski definition) is 3. The third-order valence-electron chi connectivity index (χ3n) is 2.26. The lowest BCUT2D eigenvalue weighted by Crippen LogP contribution is -2.48. The van der Waals surface area contributed by atoms with Gasteiger partial charge in [-0.2, -0.15) is 0 Å². The van der Waals surface area contributed by atoms with E-state index in [0.717, 1.165) is 9.13 Å². The van der Waals surface area contributed by atoms with E-state index in [4.69, 9.17) is 5.11 Å². The van der Waals surface area contributed by atoms with Gasteiger partial charge in [0.15, 0.2) is 0 Å². The summed E-state index contributed by atoms with van der Waals surface area (Å²) in [6.07, 6.45) is 0. The predicted octanol–water partition coefficient (Wildman–Crippen LogP) is 0.404. The van der Waals surface area contributed by atoms with Crippen LogP contribution in [-0.2, 0) is 16.1 Å². The second kappa shape index (κ2) is 7.32. The maximum absolute atomic E-state index is 11.7. The Morgan fingerprint density at radius 2 is 1.94 bits per heavy atom. The fraction of sp³-hybridized carbons (Fsp3) is 0.333. The summed E-state index contributed by atoms with van der Waals surface area (Å²) in [5.74, 6) is -0.746. The number of hydrogen-bond acceptors (Lipinski definition) is 3. The molecule has 1 aromatic rings. The number of amides is 2. The number of carbonyl (C=O) groups is 2. The van der Waals surface area contributed by atoms with Gasteiger partial charge in [0.2, 0.25) is 11.8 Å². The SMILES string of the molecule is CC(=O)NC(CO)C(=O)NCc1ccc(I)cc1. The van der Waals surface area contributed by atoms with Crippen molar-refractivity contribution < 1.29 is 14.7 Å². The van der Waals surface area contributed by atoms with Crippen molar-refractivity contribution in [2.45, 2.75) is 19.5 Å². The van der Waals surface area contributed by atoms with Crippen molar-refractivity contribution in [2.24, 2.45) is 0 Å². The number of carbonyl (C=O) groups excluding carboxylic acids is 2. The Morgan fingerprint density at radius 3 is 2.44 bits per heavy atom. The van der Waals surface area contributed by atoms with E-state index in [2.05, 4.69) is 33.2 Å². The van der Waals surface area contributed by atoms with Gasteiger partial charge in [0.1, 0.15) is 6.04 Å². The van der Waals surface area contributed by atoms with Crippen molar-refractivity contribution in [3.05, 3.63) is 33.4 Å². The summed E-state index contributed by atoms with van der Waals surface area (Å²) in [7, 11) is 0. The first-order chi connectivity index (χ1) is 8.52. The van der Waals surface area contributed by atoms with Crippen molar-refractivity contribution in [3.63, 3.8) is 0 Å². The molecule has 6 heteroatoms. The lowest BCUT2D eigenvalue weighted by molar-refractivity contribution is -0.129. The van der Waals surface area contributed by atoms with Gasteiger partial charge in [0.25, 0.3) is 0 Å². The van der Waals surface area contributed by atoms with E-state index in [9.17, 15) is 9.59 Å². The zero-order valence-electron chi connectivity index (χ0n) is 9.94. The molecule has 18 heavy (non-hydrogen) atoms. The molecule has 0 heterocycles. The van der Waals surface area contributed by atoms with Crippen molar-refractivity contribution >= 4 is 34.4 Å². The Morgan fingerprint density at radius 1 is 1.33 bits per heavy atom. The van der Waals surface area contributed by atoms with Crippen LogP contribution in [-0.4, -0.2) is 29.6 Å². The summed E-state index contributed by atoms with van der Waals surface area (Å²) in [6, 6.07) is 6.81. The van der Waals surface area contributed by atoms with Gasteiger partial charge in [-0.1, -0.05) is 12.1 Å². The quantitative estimate of drug-likeness (QED) is 0.664. The van der Waals surface area contributed by atoms with E-state index in [1.165, 1.54) is 6.92 Å². The van der Waals surface area contributed by atoms with Gasteiger partial charge in [-0.05, 0) is 40.3 Å². The van der Waals surface area contributed by atoms with Crippen molar-refractivity contribution in [2.75, 3.05) is 6.61 Å². The summed E-state index contributed by atoms with van der Waals surface area (Å²) in [5, 5.41) is 14.0. The average molecular weight is 362 g/mol. The fourth-order valence-corrected chi connectivity index (χ4v) is 1.71. The molecule has 0 bridgehead atoms. The third kappa shape index (κ3) is 5.01. The molecular weight excluding hydrogens is 347 g/mol. The van der Waals surface area contributed by atoms with E-state index in [1.807, 2.05) is 24.3 Å². The maximum atomic E-state index is 11.7. The maximum Gasteiger partial charge on any atom is 0.245 e. The lowest BCUT2D eigenvalue weighted by Gasteiger charge is -2.15. The Balaban J connectivity index is 2.49. The van der Waals surface area contributed by atoms with Crippen LogP contribution >= 0.6 is 22.6 Å². The van der Waals surface area contributed by atoms with Crippen molar-refractivity contribution in [1.29, 1.82) is 0 Å². The zero-order chi connectivity index (χ0) is 13.5. The smallest absolute Gasteiger partial charge is 0.245 e. The molecule has 1 aromatic carbocycles.